The minimum absolute atomic E-state index is 1.10. The van der Waals surface area contributed by atoms with Crippen LogP contribution in [0.5, 0.6) is 0 Å². The van der Waals surface area contributed by atoms with Crippen molar-refractivity contribution in [1.29, 1.82) is 0 Å². The molecule has 0 radical (unpaired) electrons. The largest absolute Gasteiger partial charge is 0.256 e. The van der Waals surface area contributed by atoms with Crippen LogP contribution in [-0.4, -0.2) is 9.97 Å². The molecule has 0 unspecified atom stereocenters. The second-order valence-corrected chi connectivity index (χ2v) is 16.2. The summed E-state index contributed by atoms with van der Waals surface area (Å²) < 4.78 is 0. The SMILES string of the molecule is Cc1ccc2c(c1)c1cccnc1c1c2cc2ccc3cccc4ccc1c2c34.Cc1ccc2c(c1)c1cccnc1c1c2cc2ccc3cccc4ccc1c2c34. The predicted molar refractivity (Wildman–Crippen MR) is 250 cm³/mol. The molecule has 2 aromatic heterocycles. The van der Waals surface area contributed by atoms with Gasteiger partial charge >= 0.3 is 0 Å². The third-order valence-corrected chi connectivity index (χ3v) is 12.9. The number of pyridine rings is 2. The molecule has 0 bridgehead atoms. The van der Waals surface area contributed by atoms with E-state index >= 15 is 0 Å². The van der Waals surface area contributed by atoms with Gasteiger partial charge in [-0.15, -0.1) is 0 Å². The van der Waals surface area contributed by atoms with Gasteiger partial charge in [-0.25, -0.2) is 0 Å². The number of fused-ring (bicyclic) bond motifs is 14. The Morgan fingerprint density at radius 2 is 0.655 bits per heavy atom. The lowest BCUT2D eigenvalue weighted by Gasteiger charge is -2.16. The number of hydrogen-bond donors (Lipinski definition) is 0. The topological polar surface area (TPSA) is 25.8 Å². The number of nitrogens with zero attached hydrogens (tertiary/aromatic N) is 2. The maximum Gasteiger partial charge on any atom is 0.0793 e. The van der Waals surface area contributed by atoms with Gasteiger partial charge in [0.2, 0.25) is 0 Å². The summed E-state index contributed by atoms with van der Waals surface area (Å²) in [6.45, 7) is 4.32. The molecule has 58 heavy (non-hydrogen) atoms. The standard InChI is InChI=1S/2C28H17N/c2*1-16-7-11-20-23(14-16)21-6-3-13-29-28(21)27-22-12-10-18-5-2-4-17-8-9-19(15-24(20)27)26(22)25(17)18/h2*2-15H,1H3. The third-order valence-electron chi connectivity index (χ3n) is 12.9. The zero-order chi connectivity index (χ0) is 38.2. The van der Waals surface area contributed by atoms with E-state index in [2.05, 4.69) is 159 Å². The highest BCUT2D eigenvalue weighted by molar-refractivity contribution is 6.38. The summed E-state index contributed by atoms with van der Waals surface area (Å²) in [5.41, 5.74) is 4.75. The first-order valence-electron chi connectivity index (χ1n) is 20.1. The van der Waals surface area contributed by atoms with Crippen molar-refractivity contribution in [3.05, 3.63) is 181 Å². The fourth-order valence-electron chi connectivity index (χ4n) is 10.4. The Bertz CT molecular complexity index is 3750. The summed E-state index contributed by atoms with van der Waals surface area (Å²) in [5.74, 6) is 0. The van der Waals surface area contributed by atoms with E-state index in [0.717, 1.165) is 11.0 Å². The maximum absolute atomic E-state index is 4.87. The number of benzene rings is 12. The van der Waals surface area contributed by atoms with E-state index in [0.29, 0.717) is 0 Å². The number of hydrogen-bond acceptors (Lipinski definition) is 2. The van der Waals surface area contributed by atoms with E-state index in [1.54, 1.807) is 0 Å². The van der Waals surface area contributed by atoms with Gasteiger partial charge in [0.05, 0.1) is 11.0 Å². The summed E-state index contributed by atoms with van der Waals surface area (Å²) in [4.78, 5) is 9.74. The van der Waals surface area contributed by atoms with Gasteiger partial charge in [0.1, 0.15) is 0 Å². The average molecular weight is 735 g/mol. The first-order valence-corrected chi connectivity index (χ1v) is 20.1. The lowest BCUT2D eigenvalue weighted by molar-refractivity contribution is 1.43. The van der Waals surface area contributed by atoms with Crippen molar-refractivity contribution in [2.75, 3.05) is 0 Å². The smallest absolute Gasteiger partial charge is 0.0793 e. The number of rotatable bonds is 0. The van der Waals surface area contributed by atoms with Gasteiger partial charge in [-0.2, -0.15) is 0 Å². The van der Waals surface area contributed by atoms with E-state index < -0.39 is 0 Å². The Hall–Kier alpha value is -7.42. The minimum Gasteiger partial charge on any atom is -0.256 e. The fourth-order valence-corrected chi connectivity index (χ4v) is 10.4. The number of aromatic nitrogens is 2. The van der Waals surface area contributed by atoms with Crippen molar-refractivity contribution >= 4 is 130 Å². The molecular formula is C56H34N2. The predicted octanol–water partition coefficient (Wildman–Crippen LogP) is 15.5. The molecule has 0 aliphatic heterocycles. The average Bonchev–Trinajstić information content (AvgIpc) is 3.27. The molecule has 0 aliphatic rings. The minimum atomic E-state index is 1.10. The molecular weight excluding hydrogens is 701 g/mol. The normalized spacial score (nSPS) is 12.3. The van der Waals surface area contributed by atoms with Crippen LogP contribution in [-0.2, 0) is 0 Å². The zero-order valence-corrected chi connectivity index (χ0v) is 32.1. The molecule has 2 heteroatoms. The van der Waals surface area contributed by atoms with Crippen molar-refractivity contribution < 1.29 is 0 Å². The maximum atomic E-state index is 4.87. The molecule has 2 nitrogen and oxygen atoms in total. The molecule has 2 heterocycles. The molecule has 14 aromatic rings. The van der Waals surface area contributed by atoms with Crippen LogP contribution in [0.25, 0.3) is 130 Å². The molecule has 0 spiro atoms. The molecule has 12 aromatic carbocycles. The molecule has 0 aliphatic carbocycles. The molecule has 0 saturated carbocycles. The van der Waals surface area contributed by atoms with Gasteiger partial charge in [0.15, 0.2) is 0 Å². The number of aryl methyl sites for hydroxylation is 2. The van der Waals surface area contributed by atoms with Crippen molar-refractivity contribution in [2.24, 2.45) is 0 Å². The second kappa shape index (κ2) is 11.6. The van der Waals surface area contributed by atoms with Crippen LogP contribution in [0.1, 0.15) is 11.1 Å². The van der Waals surface area contributed by atoms with Crippen molar-refractivity contribution in [1.82, 2.24) is 9.97 Å². The van der Waals surface area contributed by atoms with E-state index in [1.807, 2.05) is 24.5 Å². The van der Waals surface area contributed by atoms with Crippen molar-refractivity contribution in [3.63, 3.8) is 0 Å². The van der Waals surface area contributed by atoms with Crippen molar-refractivity contribution in [3.8, 4) is 0 Å². The summed E-state index contributed by atoms with van der Waals surface area (Å²) in [6.07, 6.45) is 3.84. The van der Waals surface area contributed by atoms with Crippen LogP contribution in [0, 0.1) is 13.8 Å². The quantitative estimate of drug-likeness (QED) is 0.115. The van der Waals surface area contributed by atoms with Crippen LogP contribution in [0.4, 0.5) is 0 Å². The van der Waals surface area contributed by atoms with E-state index in [-0.39, 0.29) is 0 Å². The summed E-state index contributed by atoms with van der Waals surface area (Å²) >= 11 is 0. The van der Waals surface area contributed by atoms with E-state index in [4.69, 9.17) is 9.97 Å². The fraction of sp³-hybridized carbons (Fsp3) is 0.0357. The van der Waals surface area contributed by atoms with Gasteiger partial charge in [0, 0.05) is 33.9 Å². The highest BCUT2D eigenvalue weighted by Crippen LogP contribution is 2.45. The first-order chi connectivity index (χ1) is 28.6. The van der Waals surface area contributed by atoms with Gasteiger partial charge in [-0.1, -0.05) is 145 Å². The Kier molecular flexibility index (Phi) is 6.33. The summed E-state index contributed by atoms with van der Waals surface area (Å²) in [6, 6.07) is 58.1. The van der Waals surface area contributed by atoms with Crippen LogP contribution >= 0.6 is 0 Å². The van der Waals surface area contributed by atoms with Crippen molar-refractivity contribution in [2.45, 2.75) is 13.8 Å². The summed E-state index contributed by atoms with van der Waals surface area (Å²) in [7, 11) is 0. The Labute approximate surface area is 333 Å². The van der Waals surface area contributed by atoms with Gasteiger partial charge in [-0.05, 0) is 135 Å². The van der Waals surface area contributed by atoms with Crippen LogP contribution in [0.15, 0.2) is 170 Å². The Morgan fingerprint density at radius 3 is 1.10 bits per heavy atom. The molecule has 0 saturated heterocycles. The Morgan fingerprint density at radius 1 is 0.259 bits per heavy atom. The monoisotopic (exact) mass is 734 g/mol. The highest BCUT2D eigenvalue weighted by Gasteiger charge is 2.18. The van der Waals surface area contributed by atoms with E-state index in [1.165, 1.54) is 130 Å². The highest BCUT2D eigenvalue weighted by atomic mass is 14.7. The van der Waals surface area contributed by atoms with Gasteiger partial charge in [0.25, 0.3) is 0 Å². The first kappa shape index (κ1) is 31.7. The molecule has 0 amide bonds. The molecule has 268 valence electrons. The lowest BCUT2D eigenvalue weighted by Crippen LogP contribution is -1.90. The second-order valence-electron chi connectivity index (χ2n) is 16.2. The molecule has 0 atom stereocenters. The van der Waals surface area contributed by atoms with Crippen LogP contribution in [0.2, 0.25) is 0 Å². The Balaban J connectivity index is 0.000000121. The zero-order valence-electron chi connectivity index (χ0n) is 32.1. The summed E-state index contributed by atoms with van der Waals surface area (Å²) in [5, 5.41) is 28.6. The van der Waals surface area contributed by atoms with Crippen LogP contribution < -0.4 is 0 Å². The van der Waals surface area contributed by atoms with Gasteiger partial charge < -0.3 is 0 Å². The van der Waals surface area contributed by atoms with E-state index in [9.17, 15) is 0 Å². The molecule has 0 N–H and O–H groups in total. The lowest BCUT2D eigenvalue weighted by atomic mass is 9.88. The molecule has 0 fully saturated rings. The van der Waals surface area contributed by atoms with Gasteiger partial charge in [-0.3, -0.25) is 9.97 Å². The third kappa shape index (κ3) is 4.27. The van der Waals surface area contributed by atoms with Crippen LogP contribution in [0.3, 0.4) is 0 Å². The molecule has 14 rings (SSSR count).